The van der Waals surface area contributed by atoms with Gasteiger partial charge >= 0.3 is 0 Å². The van der Waals surface area contributed by atoms with Gasteiger partial charge in [0.2, 0.25) is 10.0 Å². The quantitative estimate of drug-likeness (QED) is 0.791. The van der Waals surface area contributed by atoms with E-state index < -0.39 is 10.0 Å². The number of benzene rings is 1. The molecule has 0 saturated carbocycles. The number of fused-ring (bicyclic) bond motifs is 1. The number of thiazole rings is 1. The van der Waals surface area contributed by atoms with E-state index in [0.29, 0.717) is 19.6 Å². The van der Waals surface area contributed by atoms with Gasteiger partial charge < -0.3 is 4.90 Å². The van der Waals surface area contributed by atoms with Gasteiger partial charge in [-0.2, -0.15) is 0 Å². The van der Waals surface area contributed by atoms with Gasteiger partial charge in [-0.3, -0.25) is 0 Å². The summed E-state index contributed by atoms with van der Waals surface area (Å²) in [6, 6.07) is 6.05. The monoisotopic (exact) mass is 389 g/mol. The van der Waals surface area contributed by atoms with Crippen LogP contribution in [0.1, 0.15) is 6.42 Å². The average molecular weight is 390 g/mol. The predicted octanol–water partition coefficient (Wildman–Crippen LogP) is 2.53. The van der Waals surface area contributed by atoms with E-state index in [0.717, 1.165) is 32.8 Å². The molecule has 0 unspecified atom stereocenters. The molecule has 8 heteroatoms. The Bertz CT molecular complexity index is 760. The smallest absolute Gasteiger partial charge is 0.211 e. The lowest BCUT2D eigenvalue weighted by molar-refractivity contribution is 0.437. The Morgan fingerprint density at radius 3 is 2.81 bits per heavy atom. The number of sulfonamides is 1. The number of anilines is 1. The van der Waals surface area contributed by atoms with Crippen LogP contribution in [0.15, 0.2) is 22.7 Å². The first-order valence-electron chi connectivity index (χ1n) is 6.70. The van der Waals surface area contributed by atoms with Crippen molar-refractivity contribution in [2.75, 3.05) is 37.3 Å². The Morgan fingerprint density at radius 1 is 1.24 bits per heavy atom. The van der Waals surface area contributed by atoms with Crippen LogP contribution in [0.5, 0.6) is 0 Å². The summed E-state index contributed by atoms with van der Waals surface area (Å²) in [5, 5.41) is 0.971. The van der Waals surface area contributed by atoms with Crippen LogP contribution in [0.2, 0.25) is 0 Å². The standard InChI is InChI=1S/C13H16BrN3O2S2/c1-21(18,19)17-6-2-5-16(7-8-17)13-15-11-4-3-10(14)9-12(11)20-13/h3-4,9H,2,5-8H2,1H3. The molecular weight excluding hydrogens is 374 g/mol. The fraction of sp³-hybridized carbons (Fsp3) is 0.462. The maximum absolute atomic E-state index is 11.6. The Hall–Kier alpha value is -0.700. The van der Waals surface area contributed by atoms with Crippen molar-refractivity contribution in [1.29, 1.82) is 0 Å². The molecule has 0 atom stereocenters. The van der Waals surface area contributed by atoms with Crippen molar-refractivity contribution in [1.82, 2.24) is 9.29 Å². The molecule has 3 rings (SSSR count). The zero-order chi connectivity index (χ0) is 15.0. The van der Waals surface area contributed by atoms with Gasteiger partial charge in [0.05, 0.1) is 16.5 Å². The van der Waals surface area contributed by atoms with Crippen LogP contribution >= 0.6 is 27.3 Å². The molecule has 1 aliphatic rings. The summed E-state index contributed by atoms with van der Waals surface area (Å²) in [4.78, 5) is 6.85. The molecule has 0 bridgehead atoms. The highest BCUT2D eigenvalue weighted by atomic mass is 79.9. The molecular formula is C13H16BrN3O2S2. The van der Waals surface area contributed by atoms with E-state index >= 15 is 0 Å². The molecule has 1 saturated heterocycles. The Kier molecular flexibility index (Phi) is 4.22. The lowest BCUT2D eigenvalue weighted by Gasteiger charge is -2.19. The maximum atomic E-state index is 11.6. The molecule has 5 nitrogen and oxygen atoms in total. The van der Waals surface area contributed by atoms with Crippen LogP contribution in [0.25, 0.3) is 10.2 Å². The third kappa shape index (κ3) is 3.39. The Labute approximate surface area is 136 Å². The largest absolute Gasteiger partial charge is 0.347 e. The normalized spacial score (nSPS) is 18.1. The highest BCUT2D eigenvalue weighted by molar-refractivity contribution is 9.10. The summed E-state index contributed by atoms with van der Waals surface area (Å²) in [5.74, 6) is 0. The molecule has 2 aromatic rings. The lowest BCUT2D eigenvalue weighted by atomic mass is 10.3. The molecule has 0 aliphatic carbocycles. The maximum Gasteiger partial charge on any atom is 0.211 e. The van der Waals surface area contributed by atoms with E-state index in [9.17, 15) is 8.42 Å². The van der Waals surface area contributed by atoms with E-state index in [2.05, 4.69) is 31.9 Å². The lowest BCUT2D eigenvalue weighted by Crippen LogP contribution is -2.34. The molecule has 0 spiro atoms. The molecule has 1 fully saturated rings. The topological polar surface area (TPSA) is 53.5 Å². The zero-order valence-corrected chi connectivity index (χ0v) is 14.8. The first-order valence-corrected chi connectivity index (χ1v) is 10.2. The van der Waals surface area contributed by atoms with Gasteiger partial charge in [0, 0.05) is 30.7 Å². The molecule has 0 N–H and O–H groups in total. The fourth-order valence-corrected chi connectivity index (χ4v) is 4.88. The number of hydrogen-bond acceptors (Lipinski definition) is 5. The van der Waals surface area contributed by atoms with Gasteiger partial charge in [0.15, 0.2) is 5.13 Å². The van der Waals surface area contributed by atoms with Crippen LogP contribution in [0.3, 0.4) is 0 Å². The van der Waals surface area contributed by atoms with E-state index in [1.54, 1.807) is 15.6 Å². The third-order valence-corrected chi connectivity index (χ3v) is 6.41. The van der Waals surface area contributed by atoms with Crippen molar-refractivity contribution in [2.24, 2.45) is 0 Å². The minimum atomic E-state index is -3.10. The van der Waals surface area contributed by atoms with Gasteiger partial charge in [-0.25, -0.2) is 17.7 Å². The summed E-state index contributed by atoms with van der Waals surface area (Å²) < 4.78 is 27.0. The van der Waals surface area contributed by atoms with Gasteiger partial charge in [0.25, 0.3) is 0 Å². The summed E-state index contributed by atoms with van der Waals surface area (Å²) in [7, 11) is -3.10. The van der Waals surface area contributed by atoms with Gasteiger partial charge in [-0.15, -0.1) is 0 Å². The van der Waals surface area contributed by atoms with Crippen LogP contribution in [-0.4, -0.2) is 50.1 Å². The van der Waals surface area contributed by atoms with Crippen LogP contribution in [-0.2, 0) is 10.0 Å². The average Bonchev–Trinajstić information content (AvgIpc) is 2.65. The second kappa shape index (κ2) is 5.83. The van der Waals surface area contributed by atoms with E-state index in [-0.39, 0.29) is 0 Å². The molecule has 0 amide bonds. The SMILES string of the molecule is CS(=O)(=O)N1CCCN(c2nc3ccc(Br)cc3s2)CC1. The highest BCUT2D eigenvalue weighted by Gasteiger charge is 2.22. The van der Waals surface area contributed by atoms with Gasteiger partial charge in [0.1, 0.15) is 0 Å². The minimum Gasteiger partial charge on any atom is -0.347 e. The second-order valence-electron chi connectivity index (χ2n) is 5.11. The van der Waals surface area contributed by atoms with E-state index in [1.807, 2.05) is 12.1 Å². The number of halogens is 1. The number of aromatic nitrogens is 1. The van der Waals surface area contributed by atoms with Crippen molar-refractivity contribution in [3.63, 3.8) is 0 Å². The highest BCUT2D eigenvalue weighted by Crippen LogP contribution is 2.31. The molecule has 0 radical (unpaired) electrons. The van der Waals surface area contributed by atoms with Gasteiger partial charge in [-0.05, 0) is 24.6 Å². The van der Waals surface area contributed by atoms with Crippen molar-refractivity contribution in [3.8, 4) is 0 Å². The molecule has 21 heavy (non-hydrogen) atoms. The number of rotatable bonds is 2. The van der Waals surface area contributed by atoms with Crippen molar-refractivity contribution >= 4 is 52.6 Å². The predicted molar refractivity (Wildman–Crippen MR) is 90.6 cm³/mol. The molecule has 1 aromatic heterocycles. The molecule has 1 aromatic carbocycles. The zero-order valence-electron chi connectivity index (χ0n) is 11.6. The van der Waals surface area contributed by atoms with Crippen LogP contribution < -0.4 is 4.90 Å². The van der Waals surface area contributed by atoms with E-state index in [4.69, 9.17) is 0 Å². The molecule has 114 valence electrons. The second-order valence-corrected chi connectivity index (χ2v) is 9.02. The van der Waals surface area contributed by atoms with Crippen LogP contribution in [0, 0.1) is 0 Å². The summed E-state index contributed by atoms with van der Waals surface area (Å²) in [6.45, 7) is 2.64. The first kappa shape index (κ1) is 15.2. The Balaban J connectivity index is 1.82. The van der Waals surface area contributed by atoms with Crippen molar-refractivity contribution in [2.45, 2.75) is 6.42 Å². The van der Waals surface area contributed by atoms with Crippen molar-refractivity contribution < 1.29 is 8.42 Å². The minimum absolute atomic E-state index is 0.526. The molecule has 1 aliphatic heterocycles. The van der Waals surface area contributed by atoms with Crippen molar-refractivity contribution in [3.05, 3.63) is 22.7 Å². The van der Waals surface area contributed by atoms with Crippen LogP contribution in [0.4, 0.5) is 5.13 Å². The summed E-state index contributed by atoms with van der Waals surface area (Å²) in [6.07, 6.45) is 2.10. The fourth-order valence-electron chi connectivity index (χ4n) is 2.44. The molecule has 2 heterocycles. The number of hydrogen-bond donors (Lipinski definition) is 0. The van der Waals surface area contributed by atoms with E-state index in [1.165, 1.54) is 6.26 Å². The third-order valence-electron chi connectivity index (χ3n) is 3.53. The summed E-state index contributed by atoms with van der Waals surface area (Å²) in [5.41, 5.74) is 0.988. The van der Waals surface area contributed by atoms with Gasteiger partial charge in [-0.1, -0.05) is 27.3 Å². The number of nitrogens with zero attached hydrogens (tertiary/aromatic N) is 3. The Morgan fingerprint density at radius 2 is 2.05 bits per heavy atom. The summed E-state index contributed by atoms with van der Waals surface area (Å²) >= 11 is 5.12. The first-order chi connectivity index (χ1) is 9.93.